The van der Waals surface area contributed by atoms with Gasteiger partial charge in [-0.1, -0.05) is 41.9 Å². The highest BCUT2D eigenvalue weighted by Gasteiger charge is 2.21. The average molecular weight is 492 g/mol. The zero-order chi connectivity index (χ0) is 24.0. The first-order valence-corrected chi connectivity index (χ1v) is 11.4. The molecule has 1 N–H and O–H groups in total. The number of carbonyl (C=O) groups excluding carboxylic acids is 2. The van der Waals surface area contributed by atoms with Crippen LogP contribution in [0.2, 0.25) is 5.02 Å². The number of methoxy groups -OCH3 is 1. The van der Waals surface area contributed by atoms with E-state index < -0.39 is 34.2 Å². The molecule has 0 aliphatic carbocycles. The third-order valence-corrected chi connectivity index (χ3v) is 6.46. The zero-order valence-electron chi connectivity index (χ0n) is 17.4. The highest BCUT2D eigenvalue weighted by molar-refractivity contribution is 7.89. The molecule has 0 saturated carbocycles. The quantitative estimate of drug-likeness (QED) is 0.359. The summed E-state index contributed by atoms with van der Waals surface area (Å²) in [4.78, 5) is 24.3. The first kappa shape index (κ1) is 24.4. The summed E-state index contributed by atoms with van der Waals surface area (Å²) in [5.41, 5.74) is 0.611. The van der Waals surface area contributed by atoms with E-state index in [1.54, 1.807) is 30.3 Å². The Labute approximate surface area is 195 Å². The smallest absolute Gasteiger partial charge is 0.338 e. The number of sulfonamides is 1. The standard InChI is InChI=1S/C23H19ClFNO6S/c1-31-21-10-8-16(11-19(21)25)20(27)14-32-23(28)17-7-9-18(24)22(12-17)33(29,30)26-13-15-5-3-2-4-6-15/h2-12,26H,13-14H2,1H3. The summed E-state index contributed by atoms with van der Waals surface area (Å²) in [6, 6.07) is 16.0. The van der Waals surface area contributed by atoms with E-state index in [0.29, 0.717) is 0 Å². The van der Waals surface area contributed by atoms with Crippen LogP contribution in [0.1, 0.15) is 26.3 Å². The molecule has 0 saturated heterocycles. The summed E-state index contributed by atoms with van der Waals surface area (Å²) < 4.78 is 51.3. The molecule has 0 fully saturated rings. The summed E-state index contributed by atoms with van der Waals surface area (Å²) in [6.45, 7) is -0.636. The van der Waals surface area contributed by atoms with Gasteiger partial charge in [-0.05, 0) is 42.0 Å². The number of carbonyl (C=O) groups is 2. The van der Waals surface area contributed by atoms with E-state index in [2.05, 4.69) is 4.72 Å². The van der Waals surface area contributed by atoms with Crippen LogP contribution < -0.4 is 9.46 Å². The summed E-state index contributed by atoms with van der Waals surface area (Å²) in [5.74, 6) is -2.34. The van der Waals surface area contributed by atoms with Crippen molar-refractivity contribution in [3.05, 3.63) is 94.3 Å². The van der Waals surface area contributed by atoms with E-state index >= 15 is 0 Å². The van der Waals surface area contributed by atoms with Crippen molar-refractivity contribution in [3.8, 4) is 5.75 Å². The lowest BCUT2D eigenvalue weighted by atomic mass is 10.1. The van der Waals surface area contributed by atoms with Crippen molar-refractivity contribution in [2.75, 3.05) is 13.7 Å². The van der Waals surface area contributed by atoms with Crippen molar-refractivity contribution >= 4 is 33.4 Å². The lowest BCUT2D eigenvalue weighted by Crippen LogP contribution is -2.24. The highest BCUT2D eigenvalue weighted by Crippen LogP contribution is 2.24. The Morgan fingerprint density at radius 1 is 1.00 bits per heavy atom. The molecule has 3 aromatic rings. The number of ether oxygens (including phenoxy) is 2. The van der Waals surface area contributed by atoms with Crippen LogP contribution in [0.5, 0.6) is 5.75 Å². The molecule has 0 amide bonds. The molecule has 0 aliphatic heterocycles. The summed E-state index contributed by atoms with van der Waals surface area (Å²) in [7, 11) is -2.75. The molecule has 3 rings (SSSR count). The molecule has 0 unspecified atom stereocenters. The van der Waals surface area contributed by atoms with E-state index in [9.17, 15) is 22.4 Å². The molecular formula is C23H19ClFNO6S. The number of esters is 1. The Bertz CT molecular complexity index is 1280. The van der Waals surface area contributed by atoms with Gasteiger partial charge in [0.15, 0.2) is 24.0 Å². The zero-order valence-corrected chi connectivity index (χ0v) is 19.0. The first-order valence-electron chi connectivity index (χ1n) is 9.58. The number of benzene rings is 3. The highest BCUT2D eigenvalue weighted by atomic mass is 35.5. The van der Waals surface area contributed by atoms with Gasteiger partial charge in [0.2, 0.25) is 10.0 Å². The van der Waals surface area contributed by atoms with Gasteiger partial charge in [-0.25, -0.2) is 22.3 Å². The van der Waals surface area contributed by atoms with Crippen molar-refractivity contribution in [2.24, 2.45) is 0 Å². The van der Waals surface area contributed by atoms with Crippen molar-refractivity contribution in [1.82, 2.24) is 4.72 Å². The molecular weight excluding hydrogens is 473 g/mol. The van der Waals surface area contributed by atoms with E-state index in [-0.39, 0.29) is 33.3 Å². The van der Waals surface area contributed by atoms with Crippen LogP contribution in [0.4, 0.5) is 4.39 Å². The van der Waals surface area contributed by atoms with Gasteiger partial charge in [0.25, 0.3) is 0 Å². The van der Waals surface area contributed by atoms with E-state index in [1.165, 1.54) is 31.4 Å². The monoisotopic (exact) mass is 491 g/mol. The molecule has 172 valence electrons. The Kier molecular flexibility index (Phi) is 7.80. The lowest BCUT2D eigenvalue weighted by Gasteiger charge is -2.11. The van der Waals surface area contributed by atoms with Crippen molar-refractivity contribution in [2.45, 2.75) is 11.4 Å². The van der Waals surface area contributed by atoms with Crippen LogP contribution in [0.15, 0.2) is 71.6 Å². The summed E-state index contributed by atoms with van der Waals surface area (Å²) in [6.07, 6.45) is 0. The largest absolute Gasteiger partial charge is 0.494 e. The minimum absolute atomic E-state index is 0.00872. The van der Waals surface area contributed by atoms with Crippen LogP contribution in [0, 0.1) is 5.82 Å². The van der Waals surface area contributed by atoms with Crippen molar-refractivity contribution in [3.63, 3.8) is 0 Å². The fourth-order valence-corrected chi connectivity index (χ4v) is 4.37. The van der Waals surface area contributed by atoms with Crippen LogP contribution in [0.25, 0.3) is 0 Å². The maximum atomic E-state index is 13.8. The molecule has 0 spiro atoms. The maximum absolute atomic E-state index is 13.8. The number of halogens is 2. The van der Waals surface area contributed by atoms with Gasteiger partial charge < -0.3 is 9.47 Å². The second-order valence-corrected chi connectivity index (χ2v) is 8.95. The molecule has 0 bridgehead atoms. The third-order valence-electron chi connectivity index (χ3n) is 4.57. The lowest BCUT2D eigenvalue weighted by molar-refractivity contribution is 0.0474. The van der Waals surface area contributed by atoms with Crippen molar-refractivity contribution in [1.29, 1.82) is 0 Å². The van der Waals surface area contributed by atoms with Crippen LogP contribution in [0.3, 0.4) is 0 Å². The number of nitrogens with one attached hydrogen (secondary N) is 1. The molecule has 3 aromatic carbocycles. The minimum Gasteiger partial charge on any atom is -0.494 e. The fourth-order valence-electron chi connectivity index (χ4n) is 2.83. The van der Waals surface area contributed by atoms with Gasteiger partial charge in [-0.2, -0.15) is 0 Å². The van der Waals surface area contributed by atoms with Gasteiger partial charge in [0.1, 0.15) is 4.90 Å². The first-order chi connectivity index (χ1) is 15.7. The Morgan fingerprint density at radius 2 is 1.70 bits per heavy atom. The second kappa shape index (κ2) is 10.6. The Hall–Kier alpha value is -3.27. The maximum Gasteiger partial charge on any atom is 0.338 e. The van der Waals surface area contributed by atoms with E-state index in [4.69, 9.17) is 21.1 Å². The molecule has 0 heterocycles. The van der Waals surface area contributed by atoms with Gasteiger partial charge in [-0.3, -0.25) is 4.79 Å². The topological polar surface area (TPSA) is 98.8 Å². The van der Waals surface area contributed by atoms with Gasteiger partial charge >= 0.3 is 5.97 Å². The van der Waals surface area contributed by atoms with Crippen LogP contribution >= 0.6 is 11.6 Å². The van der Waals surface area contributed by atoms with Crippen molar-refractivity contribution < 1.29 is 31.9 Å². The minimum atomic E-state index is -4.04. The average Bonchev–Trinajstić information content (AvgIpc) is 2.81. The molecule has 10 heteroatoms. The number of ketones is 1. The van der Waals surface area contributed by atoms with Crippen LogP contribution in [-0.4, -0.2) is 33.9 Å². The second-order valence-electron chi connectivity index (χ2n) is 6.80. The molecule has 0 aliphatic rings. The third kappa shape index (κ3) is 6.16. The number of hydrogen-bond acceptors (Lipinski definition) is 6. The van der Waals surface area contributed by atoms with Gasteiger partial charge in [0.05, 0.1) is 17.7 Å². The summed E-state index contributed by atoms with van der Waals surface area (Å²) >= 11 is 6.04. The fraction of sp³-hybridized carbons (Fsp3) is 0.130. The number of rotatable bonds is 9. The Morgan fingerprint density at radius 3 is 2.36 bits per heavy atom. The van der Waals surface area contributed by atoms with E-state index in [1.807, 2.05) is 0 Å². The number of hydrogen-bond donors (Lipinski definition) is 1. The van der Waals surface area contributed by atoms with Crippen LogP contribution in [-0.2, 0) is 21.3 Å². The molecule has 0 atom stereocenters. The van der Waals surface area contributed by atoms with Gasteiger partial charge in [-0.15, -0.1) is 0 Å². The Balaban J connectivity index is 1.69. The molecule has 7 nitrogen and oxygen atoms in total. The predicted molar refractivity (Wildman–Crippen MR) is 119 cm³/mol. The SMILES string of the molecule is COc1ccc(C(=O)COC(=O)c2ccc(Cl)c(S(=O)(=O)NCc3ccccc3)c2)cc1F. The van der Waals surface area contributed by atoms with Gasteiger partial charge in [0, 0.05) is 12.1 Å². The normalized spacial score (nSPS) is 11.1. The molecule has 0 aromatic heterocycles. The summed E-state index contributed by atoms with van der Waals surface area (Å²) in [5, 5.41) is -0.0862. The van der Waals surface area contributed by atoms with E-state index in [0.717, 1.165) is 17.7 Å². The predicted octanol–water partition coefficient (Wildman–Crippen LogP) is 4.01. The molecule has 0 radical (unpaired) electrons. The number of Topliss-reactive ketones (excluding diaryl/α,β-unsaturated/α-hetero) is 1. The molecule has 33 heavy (non-hydrogen) atoms.